The van der Waals surface area contributed by atoms with Crippen LogP contribution in [0, 0.1) is 0 Å². The molecule has 0 fully saturated rings. The number of carbonyl (C=O) groups is 2. The molecular formula is C27H30N4O4. The van der Waals surface area contributed by atoms with E-state index in [2.05, 4.69) is 20.8 Å². The summed E-state index contributed by atoms with van der Waals surface area (Å²) in [6.07, 6.45) is 4.76. The summed E-state index contributed by atoms with van der Waals surface area (Å²) in [5.41, 5.74) is 5.48. The summed E-state index contributed by atoms with van der Waals surface area (Å²) < 4.78 is 11.3. The number of para-hydroxylation sites is 2. The van der Waals surface area contributed by atoms with Gasteiger partial charge in [0.1, 0.15) is 23.5 Å². The zero-order valence-electron chi connectivity index (χ0n) is 20.3. The molecule has 182 valence electrons. The summed E-state index contributed by atoms with van der Waals surface area (Å²) in [6.45, 7) is 7.22. The minimum absolute atomic E-state index is 0.215. The van der Waals surface area contributed by atoms with E-state index in [1.165, 1.54) is 0 Å². The van der Waals surface area contributed by atoms with Gasteiger partial charge < -0.3 is 19.8 Å². The maximum atomic E-state index is 13.1. The maximum Gasteiger partial charge on any atom is 0.408 e. The van der Waals surface area contributed by atoms with E-state index in [0.29, 0.717) is 0 Å². The molecule has 0 saturated heterocycles. The number of hydrogen-bond acceptors (Lipinski definition) is 5. The third kappa shape index (κ3) is 6.09. The van der Waals surface area contributed by atoms with Crippen molar-refractivity contribution in [2.75, 3.05) is 0 Å². The van der Waals surface area contributed by atoms with Gasteiger partial charge in [-0.25, -0.2) is 10.2 Å². The predicted octanol–water partition coefficient (Wildman–Crippen LogP) is 4.57. The van der Waals surface area contributed by atoms with Crippen molar-refractivity contribution in [3.05, 3.63) is 71.4 Å². The van der Waals surface area contributed by atoms with E-state index in [0.717, 1.165) is 33.4 Å². The molecule has 2 aromatic carbocycles. The summed E-state index contributed by atoms with van der Waals surface area (Å²) in [5.74, 6) is 0.351. The minimum Gasteiger partial charge on any atom is -0.485 e. The van der Waals surface area contributed by atoms with Crippen molar-refractivity contribution in [2.45, 2.75) is 51.9 Å². The molecule has 2 atom stereocenters. The van der Waals surface area contributed by atoms with E-state index in [1.807, 2.05) is 67.7 Å². The number of ether oxygens (including phenoxy) is 2. The zero-order valence-corrected chi connectivity index (χ0v) is 20.3. The maximum absolute atomic E-state index is 13.1. The molecule has 1 aromatic heterocycles. The van der Waals surface area contributed by atoms with Crippen molar-refractivity contribution in [2.24, 2.45) is 5.10 Å². The van der Waals surface area contributed by atoms with Gasteiger partial charge in [-0.1, -0.05) is 36.4 Å². The Morgan fingerprint density at radius 3 is 2.71 bits per heavy atom. The summed E-state index contributed by atoms with van der Waals surface area (Å²) >= 11 is 0. The number of amides is 2. The molecule has 2 heterocycles. The Balaban J connectivity index is 1.49. The highest BCUT2D eigenvalue weighted by Crippen LogP contribution is 2.28. The van der Waals surface area contributed by atoms with Crippen molar-refractivity contribution >= 4 is 35.2 Å². The van der Waals surface area contributed by atoms with Crippen LogP contribution in [0.15, 0.2) is 65.4 Å². The summed E-state index contributed by atoms with van der Waals surface area (Å²) in [5, 5.41) is 7.81. The standard InChI is InChI=1S/C27H30N4O4/c1-17-19(13-18-9-5-8-12-24(18)34-17)16-29-31-25(32)23(30-26(33)35-27(2,3)4)14-20-15-28-22-11-7-6-10-21(20)22/h5-13,15-17,23,28H,14H2,1-4H3,(H,30,33)(H,31,32)/b29-16-/t17-,23+/m1/s1. The molecule has 3 N–H and O–H groups in total. The number of hydrazone groups is 1. The second-order valence-corrected chi connectivity index (χ2v) is 9.44. The topological polar surface area (TPSA) is 105 Å². The Morgan fingerprint density at radius 2 is 1.91 bits per heavy atom. The highest BCUT2D eigenvalue weighted by molar-refractivity contribution is 5.91. The lowest BCUT2D eigenvalue weighted by atomic mass is 10.0. The van der Waals surface area contributed by atoms with Gasteiger partial charge in [0.2, 0.25) is 0 Å². The van der Waals surface area contributed by atoms with Crippen LogP contribution in [0.2, 0.25) is 0 Å². The molecule has 0 bridgehead atoms. The lowest BCUT2D eigenvalue weighted by Crippen LogP contribution is -2.48. The number of carbonyl (C=O) groups excluding carboxylic acids is 2. The fourth-order valence-electron chi connectivity index (χ4n) is 3.83. The largest absolute Gasteiger partial charge is 0.485 e. The molecule has 0 saturated carbocycles. The summed E-state index contributed by atoms with van der Waals surface area (Å²) in [6, 6.07) is 14.6. The van der Waals surface area contributed by atoms with Crippen LogP contribution in [-0.4, -0.2) is 40.9 Å². The molecule has 8 heteroatoms. The first-order valence-corrected chi connectivity index (χ1v) is 11.5. The highest BCUT2D eigenvalue weighted by atomic mass is 16.6. The van der Waals surface area contributed by atoms with Gasteiger partial charge in [0.15, 0.2) is 0 Å². The monoisotopic (exact) mass is 474 g/mol. The number of fused-ring (bicyclic) bond motifs is 2. The average Bonchev–Trinajstić information content (AvgIpc) is 3.20. The number of nitrogens with zero attached hydrogens (tertiary/aromatic N) is 1. The molecule has 1 aliphatic rings. The number of H-pyrrole nitrogens is 1. The number of aromatic amines is 1. The highest BCUT2D eigenvalue weighted by Gasteiger charge is 2.26. The third-order valence-corrected chi connectivity index (χ3v) is 5.51. The molecule has 8 nitrogen and oxygen atoms in total. The molecule has 35 heavy (non-hydrogen) atoms. The van der Waals surface area contributed by atoms with Gasteiger partial charge in [0.05, 0.1) is 6.21 Å². The number of nitrogens with one attached hydrogen (secondary N) is 3. The number of hydrogen-bond donors (Lipinski definition) is 3. The Morgan fingerprint density at radius 1 is 1.17 bits per heavy atom. The molecule has 0 unspecified atom stereocenters. The molecule has 0 aliphatic carbocycles. The Bertz CT molecular complexity index is 1290. The fraction of sp³-hybridized carbons (Fsp3) is 0.296. The van der Waals surface area contributed by atoms with Gasteiger partial charge in [-0.15, -0.1) is 0 Å². The molecular weight excluding hydrogens is 444 g/mol. The first-order valence-electron chi connectivity index (χ1n) is 11.5. The van der Waals surface area contributed by atoms with Gasteiger partial charge in [-0.3, -0.25) is 4.79 Å². The summed E-state index contributed by atoms with van der Waals surface area (Å²) in [7, 11) is 0. The predicted molar refractivity (Wildman–Crippen MR) is 136 cm³/mol. The van der Waals surface area contributed by atoms with Crippen LogP contribution < -0.4 is 15.5 Å². The zero-order chi connectivity index (χ0) is 25.0. The fourth-order valence-corrected chi connectivity index (χ4v) is 3.83. The van der Waals surface area contributed by atoms with Gasteiger partial charge >= 0.3 is 6.09 Å². The molecule has 0 radical (unpaired) electrons. The number of aromatic nitrogens is 1. The normalized spacial score (nSPS) is 16.2. The van der Waals surface area contributed by atoms with Gasteiger partial charge in [-0.2, -0.15) is 5.10 Å². The molecule has 2 amide bonds. The lowest BCUT2D eigenvalue weighted by Gasteiger charge is -2.23. The number of rotatable bonds is 6. The SMILES string of the molecule is C[C@H]1Oc2ccccc2C=C1/C=N\NC(=O)[C@H](Cc1c[nH]c2ccccc12)NC(=O)OC(C)(C)C. The Hall–Kier alpha value is -4.07. The van der Waals surface area contributed by atoms with Crippen molar-refractivity contribution in [3.63, 3.8) is 0 Å². The molecule has 4 rings (SSSR count). The van der Waals surface area contributed by atoms with Crippen LogP contribution in [0.25, 0.3) is 17.0 Å². The number of benzene rings is 2. The van der Waals surface area contributed by atoms with E-state index in [9.17, 15) is 9.59 Å². The van der Waals surface area contributed by atoms with Crippen LogP contribution in [-0.2, 0) is 16.0 Å². The van der Waals surface area contributed by atoms with Gasteiger partial charge in [-0.05, 0) is 51.5 Å². The van der Waals surface area contributed by atoms with E-state index in [1.54, 1.807) is 27.0 Å². The third-order valence-electron chi connectivity index (χ3n) is 5.51. The van der Waals surface area contributed by atoms with E-state index in [4.69, 9.17) is 9.47 Å². The van der Waals surface area contributed by atoms with Crippen LogP contribution >= 0.6 is 0 Å². The van der Waals surface area contributed by atoms with Gasteiger partial charge in [0.25, 0.3) is 5.91 Å². The smallest absolute Gasteiger partial charge is 0.408 e. The molecule has 0 spiro atoms. The van der Waals surface area contributed by atoms with Crippen molar-refractivity contribution < 1.29 is 19.1 Å². The average molecular weight is 475 g/mol. The number of alkyl carbamates (subject to hydrolysis) is 1. The van der Waals surface area contributed by atoms with Gasteiger partial charge in [0, 0.05) is 34.7 Å². The first kappa shape index (κ1) is 24.1. The van der Waals surface area contributed by atoms with Crippen LogP contribution in [0.1, 0.15) is 38.8 Å². The van der Waals surface area contributed by atoms with E-state index < -0.39 is 23.6 Å². The van der Waals surface area contributed by atoms with Crippen LogP contribution in [0.3, 0.4) is 0 Å². The van der Waals surface area contributed by atoms with Crippen LogP contribution in [0.4, 0.5) is 4.79 Å². The van der Waals surface area contributed by atoms with E-state index in [-0.39, 0.29) is 12.5 Å². The molecule has 3 aromatic rings. The quantitative estimate of drug-likeness (QED) is 0.359. The minimum atomic E-state index is -0.893. The first-order chi connectivity index (χ1) is 16.7. The van der Waals surface area contributed by atoms with Crippen molar-refractivity contribution in [1.29, 1.82) is 0 Å². The van der Waals surface area contributed by atoms with Crippen LogP contribution in [0.5, 0.6) is 5.75 Å². The second kappa shape index (κ2) is 10.0. The lowest BCUT2D eigenvalue weighted by molar-refractivity contribution is -0.123. The molecule has 1 aliphatic heterocycles. The summed E-state index contributed by atoms with van der Waals surface area (Å²) in [4.78, 5) is 28.7. The van der Waals surface area contributed by atoms with Crippen molar-refractivity contribution in [1.82, 2.24) is 15.7 Å². The van der Waals surface area contributed by atoms with Crippen molar-refractivity contribution in [3.8, 4) is 5.75 Å². The second-order valence-electron chi connectivity index (χ2n) is 9.44. The van der Waals surface area contributed by atoms with E-state index >= 15 is 0 Å². The Labute approximate surface area is 204 Å². The Kier molecular flexibility index (Phi) is 6.91.